The van der Waals surface area contributed by atoms with Crippen LogP contribution in [-0.4, -0.2) is 36.1 Å². The number of hydrogen-bond donors (Lipinski definition) is 2. The van der Waals surface area contributed by atoms with Crippen molar-refractivity contribution >= 4 is 6.03 Å². The topological polar surface area (TPSA) is 58.4 Å². The number of carbonyl (C=O) groups is 1. The Hall–Kier alpha value is -0.770. The molecule has 0 bridgehead atoms. The van der Waals surface area contributed by atoms with E-state index in [1.54, 1.807) is 0 Å². The van der Waals surface area contributed by atoms with Gasteiger partial charge in [-0.1, -0.05) is 6.42 Å². The molecule has 0 aliphatic carbocycles. The van der Waals surface area contributed by atoms with E-state index in [0.717, 1.165) is 19.4 Å². The van der Waals surface area contributed by atoms with Crippen molar-refractivity contribution in [3.05, 3.63) is 0 Å². The maximum atomic E-state index is 10.5. The number of carbonyl (C=O) groups excluding carboxylic acids is 1. The third kappa shape index (κ3) is 4.39. The van der Waals surface area contributed by atoms with Gasteiger partial charge in [0, 0.05) is 18.6 Å². The molecule has 3 N–H and O–H groups in total. The van der Waals surface area contributed by atoms with Crippen LogP contribution in [-0.2, 0) is 0 Å². The van der Waals surface area contributed by atoms with Crippen LogP contribution in [0.25, 0.3) is 0 Å². The highest BCUT2D eigenvalue weighted by molar-refractivity contribution is 5.71. The van der Waals surface area contributed by atoms with Crippen molar-refractivity contribution < 1.29 is 4.79 Å². The average Bonchev–Trinajstić information content (AvgIpc) is 2.21. The monoisotopic (exact) mass is 227 g/mol. The number of nitrogens with zero attached hydrogens (tertiary/aromatic N) is 1. The Balaban J connectivity index is 2.13. The van der Waals surface area contributed by atoms with Gasteiger partial charge in [-0.25, -0.2) is 4.79 Å². The molecule has 16 heavy (non-hydrogen) atoms. The number of primary amides is 1. The molecule has 1 aliphatic heterocycles. The number of urea groups is 1. The number of nitrogens with one attached hydrogen (secondary N) is 1. The number of piperidine rings is 1. The van der Waals surface area contributed by atoms with Crippen molar-refractivity contribution in [3.63, 3.8) is 0 Å². The van der Waals surface area contributed by atoms with Gasteiger partial charge in [0.25, 0.3) is 0 Å². The zero-order chi connectivity index (χ0) is 12.0. The van der Waals surface area contributed by atoms with Crippen molar-refractivity contribution in [3.8, 4) is 0 Å². The lowest BCUT2D eigenvalue weighted by Gasteiger charge is -2.39. The molecule has 1 saturated heterocycles. The second kappa shape index (κ2) is 6.74. The van der Waals surface area contributed by atoms with Crippen LogP contribution in [0.5, 0.6) is 0 Å². The second-order valence-corrected chi connectivity index (χ2v) is 4.86. The Morgan fingerprint density at radius 3 is 2.50 bits per heavy atom. The number of hydrogen-bond acceptors (Lipinski definition) is 2. The van der Waals surface area contributed by atoms with Crippen molar-refractivity contribution in [1.29, 1.82) is 0 Å². The molecule has 0 aromatic heterocycles. The molecular weight excluding hydrogens is 202 g/mol. The van der Waals surface area contributed by atoms with E-state index in [1.807, 2.05) is 0 Å². The first-order valence-corrected chi connectivity index (χ1v) is 6.40. The zero-order valence-corrected chi connectivity index (χ0v) is 10.5. The smallest absolute Gasteiger partial charge is 0.312 e. The summed E-state index contributed by atoms with van der Waals surface area (Å²) in [5, 5.41) is 2.63. The lowest BCUT2D eigenvalue weighted by molar-refractivity contribution is 0.101. The van der Waals surface area contributed by atoms with Crippen molar-refractivity contribution in [1.82, 2.24) is 10.2 Å². The molecule has 1 heterocycles. The number of rotatable bonds is 5. The van der Waals surface area contributed by atoms with Gasteiger partial charge in [0.2, 0.25) is 0 Å². The molecule has 1 fully saturated rings. The fraction of sp³-hybridized carbons (Fsp3) is 0.917. The number of nitrogens with two attached hydrogens (primary N) is 1. The lowest BCUT2D eigenvalue weighted by atomic mass is 9.97. The third-order valence-corrected chi connectivity index (χ3v) is 3.52. The number of unbranched alkanes of at least 4 members (excludes halogenated alkanes) is 1. The van der Waals surface area contributed by atoms with E-state index in [0.29, 0.717) is 18.6 Å². The van der Waals surface area contributed by atoms with Crippen LogP contribution in [0.3, 0.4) is 0 Å². The summed E-state index contributed by atoms with van der Waals surface area (Å²) in [5.41, 5.74) is 5.00. The SMILES string of the molecule is CC1CCCC(C)N1CCCCNC(N)=O. The van der Waals surface area contributed by atoms with E-state index < -0.39 is 6.03 Å². The zero-order valence-electron chi connectivity index (χ0n) is 10.5. The van der Waals surface area contributed by atoms with Crippen molar-refractivity contribution in [2.45, 2.75) is 58.0 Å². The maximum absolute atomic E-state index is 10.5. The first kappa shape index (κ1) is 13.3. The molecule has 4 nitrogen and oxygen atoms in total. The lowest BCUT2D eigenvalue weighted by Crippen LogP contribution is -2.44. The van der Waals surface area contributed by atoms with Crippen LogP contribution in [0.15, 0.2) is 0 Å². The Bertz CT molecular complexity index is 210. The molecule has 4 heteroatoms. The molecule has 2 amide bonds. The summed E-state index contributed by atoms with van der Waals surface area (Å²) in [6, 6.07) is 1.01. The second-order valence-electron chi connectivity index (χ2n) is 4.86. The highest BCUT2D eigenvalue weighted by atomic mass is 16.2. The van der Waals surface area contributed by atoms with E-state index in [4.69, 9.17) is 5.73 Å². The summed E-state index contributed by atoms with van der Waals surface area (Å²) in [4.78, 5) is 13.1. The summed E-state index contributed by atoms with van der Waals surface area (Å²) >= 11 is 0. The van der Waals surface area contributed by atoms with E-state index in [9.17, 15) is 4.79 Å². The van der Waals surface area contributed by atoms with Crippen molar-refractivity contribution in [2.75, 3.05) is 13.1 Å². The Labute approximate surface area is 98.6 Å². The maximum Gasteiger partial charge on any atom is 0.312 e. The van der Waals surface area contributed by atoms with Gasteiger partial charge < -0.3 is 11.1 Å². The highest BCUT2D eigenvalue weighted by Crippen LogP contribution is 2.22. The fourth-order valence-electron chi connectivity index (χ4n) is 2.55. The predicted molar refractivity (Wildman–Crippen MR) is 66.3 cm³/mol. The summed E-state index contributed by atoms with van der Waals surface area (Å²) in [5.74, 6) is 0. The van der Waals surface area contributed by atoms with E-state index >= 15 is 0 Å². The summed E-state index contributed by atoms with van der Waals surface area (Å²) in [6.07, 6.45) is 6.16. The quantitative estimate of drug-likeness (QED) is 0.702. The summed E-state index contributed by atoms with van der Waals surface area (Å²) < 4.78 is 0. The van der Waals surface area contributed by atoms with Crippen LogP contribution >= 0.6 is 0 Å². The largest absolute Gasteiger partial charge is 0.352 e. The molecule has 0 saturated carbocycles. The van der Waals surface area contributed by atoms with E-state index in [2.05, 4.69) is 24.1 Å². The molecular formula is C12H25N3O. The molecule has 0 radical (unpaired) electrons. The standard InChI is InChI=1S/C12H25N3O/c1-10-6-5-7-11(2)15(10)9-4-3-8-14-12(13)16/h10-11H,3-9H2,1-2H3,(H3,13,14,16). The first-order chi connectivity index (χ1) is 7.61. The molecule has 94 valence electrons. The third-order valence-electron chi connectivity index (χ3n) is 3.52. The van der Waals surface area contributed by atoms with E-state index in [-0.39, 0.29) is 0 Å². The Morgan fingerprint density at radius 1 is 1.31 bits per heavy atom. The van der Waals surface area contributed by atoms with Gasteiger partial charge >= 0.3 is 6.03 Å². The molecule has 2 unspecified atom stereocenters. The number of likely N-dealkylation sites (tertiary alicyclic amines) is 1. The molecule has 0 aromatic carbocycles. The minimum atomic E-state index is -0.417. The van der Waals surface area contributed by atoms with Gasteiger partial charge in [0.1, 0.15) is 0 Å². The van der Waals surface area contributed by atoms with Gasteiger partial charge in [-0.05, 0) is 46.1 Å². The van der Waals surface area contributed by atoms with Crippen LogP contribution in [0, 0.1) is 0 Å². The van der Waals surface area contributed by atoms with Gasteiger partial charge in [0.15, 0.2) is 0 Å². The van der Waals surface area contributed by atoms with Crippen LogP contribution in [0.2, 0.25) is 0 Å². The highest BCUT2D eigenvalue weighted by Gasteiger charge is 2.23. The summed E-state index contributed by atoms with van der Waals surface area (Å²) in [6.45, 7) is 6.48. The van der Waals surface area contributed by atoms with Gasteiger partial charge in [-0.3, -0.25) is 4.90 Å². The van der Waals surface area contributed by atoms with Crippen LogP contribution in [0.1, 0.15) is 46.0 Å². The Morgan fingerprint density at radius 2 is 1.94 bits per heavy atom. The minimum absolute atomic E-state index is 0.417. The molecule has 2 atom stereocenters. The molecule has 0 aromatic rings. The fourth-order valence-corrected chi connectivity index (χ4v) is 2.55. The van der Waals surface area contributed by atoms with Gasteiger partial charge in [-0.2, -0.15) is 0 Å². The minimum Gasteiger partial charge on any atom is -0.352 e. The molecule has 1 rings (SSSR count). The van der Waals surface area contributed by atoms with Gasteiger partial charge in [-0.15, -0.1) is 0 Å². The molecule has 0 spiro atoms. The number of amides is 2. The van der Waals surface area contributed by atoms with Crippen molar-refractivity contribution in [2.24, 2.45) is 5.73 Å². The first-order valence-electron chi connectivity index (χ1n) is 6.40. The molecule has 1 aliphatic rings. The normalized spacial score (nSPS) is 26.6. The summed E-state index contributed by atoms with van der Waals surface area (Å²) in [7, 11) is 0. The predicted octanol–water partition coefficient (Wildman–Crippen LogP) is 1.70. The van der Waals surface area contributed by atoms with E-state index in [1.165, 1.54) is 19.3 Å². The average molecular weight is 227 g/mol. The van der Waals surface area contributed by atoms with Crippen LogP contribution < -0.4 is 11.1 Å². The Kier molecular flexibility index (Phi) is 5.60. The van der Waals surface area contributed by atoms with Crippen LogP contribution in [0.4, 0.5) is 4.79 Å². The van der Waals surface area contributed by atoms with Gasteiger partial charge in [0.05, 0.1) is 0 Å².